The summed E-state index contributed by atoms with van der Waals surface area (Å²) in [7, 11) is 2.65. The lowest BCUT2D eigenvalue weighted by Crippen LogP contribution is -2.30. The van der Waals surface area contributed by atoms with E-state index in [1.807, 2.05) is 0 Å². The Hall–Kier alpha value is -1.93. The molecule has 2 atom stereocenters. The van der Waals surface area contributed by atoms with Crippen molar-refractivity contribution in [1.82, 2.24) is 9.78 Å². The number of rotatable bonds is 5. The van der Waals surface area contributed by atoms with E-state index >= 15 is 0 Å². The zero-order valence-electron chi connectivity index (χ0n) is 10.9. The molecule has 0 aliphatic heterocycles. The highest BCUT2D eigenvalue weighted by Gasteiger charge is 2.32. The number of esters is 2. The average Bonchev–Trinajstić information content (AvgIpc) is 2.78. The molecule has 1 rings (SSSR count). The number of nitrogens with zero attached hydrogens (tertiary/aromatic N) is 2. The maximum absolute atomic E-state index is 11.5. The van der Waals surface area contributed by atoms with Crippen LogP contribution in [0.5, 0.6) is 0 Å². The molecule has 2 N–H and O–H groups in total. The van der Waals surface area contributed by atoms with Crippen LogP contribution in [0.3, 0.4) is 0 Å². The van der Waals surface area contributed by atoms with E-state index in [4.69, 9.17) is 0 Å². The van der Waals surface area contributed by atoms with E-state index in [2.05, 4.69) is 14.6 Å². The molecule has 1 aromatic heterocycles. The Labute approximate surface area is 109 Å². The zero-order chi connectivity index (χ0) is 14.6. The van der Waals surface area contributed by atoms with E-state index in [0.29, 0.717) is 0 Å². The van der Waals surface area contributed by atoms with Gasteiger partial charge in [-0.2, -0.15) is 5.10 Å². The molecule has 0 bridgehead atoms. The molecule has 1 heterocycles. The van der Waals surface area contributed by atoms with Crippen LogP contribution < -0.4 is 0 Å². The van der Waals surface area contributed by atoms with E-state index < -0.39 is 24.1 Å². The number of methoxy groups -OCH3 is 1. The van der Waals surface area contributed by atoms with Crippen LogP contribution in [0.1, 0.15) is 29.1 Å². The lowest BCUT2D eigenvalue weighted by molar-refractivity contribution is -0.159. The normalized spacial score (nSPS) is 13.7. The summed E-state index contributed by atoms with van der Waals surface area (Å²) in [5.74, 6) is -1.71. The molecule has 0 spiro atoms. The number of aliphatic hydroxyl groups excluding tert-OH is 2. The van der Waals surface area contributed by atoms with E-state index in [1.165, 1.54) is 25.0 Å². The Balaban J connectivity index is 3.03. The molecule has 0 amide bonds. The van der Waals surface area contributed by atoms with Gasteiger partial charge in [0, 0.05) is 12.6 Å². The lowest BCUT2D eigenvalue weighted by atomic mass is 10.1. The van der Waals surface area contributed by atoms with E-state index in [9.17, 15) is 19.8 Å². The first-order chi connectivity index (χ1) is 8.93. The molecule has 0 fully saturated rings. The number of carbonyl (C=O) groups excluding carboxylic acids is 2. The van der Waals surface area contributed by atoms with Crippen molar-refractivity contribution < 1.29 is 29.3 Å². The van der Waals surface area contributed by atoms with Gasteiger partial charge >= 0.3 is 11.9 Å². The van der Waals surface area contributed by atoms with Gasteiger partial charge in [-0.1, -0.05) is 0 Å². The summed E-state index contributed by atoms with van der Waals surface area (Å²) in [5.41, 5.74) is -0.0479. The Morgan fingerprint density at radius 1 is 1.47 bits per heavy atom. The predicted molar refractivity (Wildman–Crippen MR) is 62.1 cm³/mol. The van der Waals surface area contributed by atoms with Crippen LogP contribution in [0.25, 0.3) is 0 Å². The molecule has 19 heavy (non-hydrogen) atoms. The molecular formula is C11H16N2O6. The van der Waals surface area contributed by atoms with Crippen molar-refractivity contribution in [2.45, 2.75) is 19.1 Å². The molecule has 0 aliphatic rings. The second kappa shape index (κ2) is 6.30. The van der Waals surface area contributed by atoms with Gasteiger partial charge in [0.2, 0.25) is 0 Å². The van der Waals surface area contributed by atoms with Gasteiger partial charge < -0.3 is 19.7 Å². The first-order valence-electron chi connectivity index (χ1n) is 5.57. The number of aromatic nitrogens is 2. The van der Waals surface area contributed by atoms with Crippen molar-refractivity contribution in [3.63, 3.8) is 0 Å². The molecule has 0 aromatic carbocycles. The van der Waals surface area contributed by atoms with Gasteiger partial charge in [-0.3, -0.25) is 4.68 Å². The molecule has 0 radical (unpaired) electrons. The average molecular weight is 272 g/mol. The summed E-state index contributed by atoms with van der Waals surface area (Å²) in [6.07, 6.45) is -2.24. The molecule has 0 aliphatic carbocycles. The van der Waals surface area contributed by atoms with Crippen molar-refractivity contribution in [3.05, 3.63) is 17.5 Å². The summed E-state index contributed by atoms with van der Waals surface area (Å²) in [4.78, 5) is 22.9. The van der Waals surface area contributed by atoms with Crippen LogP contribution in [0, 0.1) is 0 Å². The Morgan fingerprint density at radius 2 is 2.11 bits per heavy atom. The SMILES string of the molecule is CCOC(=O)C(O)C(O)c1cnn(C)c1C(=O)OC. The van der Waals surface area contributed by atoms with Crippen LogP contribution in [0.15, 0.2) is 6.20 Å². The largest absolute Gasteiger partial charge is 0.464 e. The fourth-order valence-electron chi connectivity index (χ4n) is 1.54. The minimum atomic E-state index is -1.80. The van der Waals surface area contributed by atoms with Crippen LogP contribution >= 0.6 is 0 Å². The van der Waals surface area contributed by atoms with Gasteiger partial charge in [0.25, 0.3) is 0 Å². The van der Waals surface area contributed by atoms with Crippen molar-refractivity contribution >= 4 is 11.9 Å². The topological polar surface area (TPSA) is 111 Å². The van der Waals surface area contributed by atoms with Crippen LogP contribution in [0.2, 0.25) is 0 Å². The summed E-state index contributed by atoms with van der Waals surface area (Å²) in [5, 5.41) is 23.3. The number of ether oxygens (including phenoxy) is 2. The molecule has 2 unspecified atom stereocenters. The van der Waals surface area contributed by atoms with Gasteiger partial charge in [-0.15, -0.1) is 0 Å². The highest BCUT2D eigenvalue weighted by molar-refractivity contribution is 5.89. The summed E-state index contributed by atoms with van der Waals surface area (Å²) in [6, 6.07) is 0. The zero-order valence-corrected chi connectivity index (χ0v) is 10.9. The van der Waals surface area contributed by atoms with Crippen LogP contribution in [0.4, 0.5) is 0 Å². The van der Waals surface area contributed by atoms with Gasteiger partial charge in [0.15, 0.2) is 11.8 Å². The number of aryl methyl sites for hydroxylation is 1. The highest BCUT2D eigenvalue weighted by Crippen LogP contribution is 2.22. The van der Waals surface area contributed by atoms with Crippen LogP contribution in [-0.2, 0) is 21.3 Å². The molecule has 8 heteroatoms. The van der Waals surface area contributed by atoms with Gasteiger partial charge in [0.1, 0.15) is 6.10 Å². The smallest absolute Gasteiger partial charge is 0.356 e. The number of hydrogen-bond acceptors (Lipinski definition) is 7. The van der Waals surface area contributed by atoms with E-state index in [-0.39, 0.29) is 17.9 Å². The lowest BCUT2D eigenvalue weighted by Gasteiger charge is -2.16. The monoisotopic (exact) mass is 272 g/mol. The third-order valence-electron chi connectivity index (χ3n) is 2.49. The van der Waals surface area contributed by atoms with Crippen molar-refractivity contribution in [3.8, 4) is 0 Å². The van der Waals surface area contributed by atoms with Crippen molar-refractivity contribution in [1.29, 1.82) is 0 Å². The first kappa shape index (κ1) is 15.1. The van der Waals surface area contributed by atoms with Crippen molar-refractivity contribution in [2.24, 2.45) is 7.05 Å². The van der Waals surface area contributed by atoms with Gasteiger partial charge in [-0.05, 0) is 6.92 Å². The minimum absolute atomic E-state index is 0.00472. The quantitative estimate of drug-likeness (QED) is 0.672. The first-order valence-corrected chi connectivity index (χ1v) is 5.57. The Kier molecular flexibility index (Phi) is 5.02. The highest BCUT2D eigenvalue weighted by atomic mass is 16.5. The molecular weight excluding hydrogens is 256 g/mol. The molecule has 1 aromatic rings. The second-order valence-electron chi connectivity index (χ2n) is 3.71. The minimum Gasteiger partial charge on any atom is -0.464 e. The molecule has 106 valence electrons. The summed E-state index contributed by atoms with van der Waals surface area (Å²) >= 11 is 0. The summed E-state index contributed by atoms with van der Waals surface area (Å²) < 4.78 is 10.3. The molecule has 0 saturated carbocycles. The van der Waals surface area contributed by atoms with Gasteiger partial charge in [-0.25, -0.2) is 9.59 Å². The maximum Gasteiger partial charge on any atom is 0.356 e. The van der Waals surface area contributed by atoms with Crippen LogP contribution in [-0.4, -0.2) is 51.8 Å². The molecule has 0 saturated heterocycles. The molecule has 8 nitrogen and oxygen atoms in total. The summed E-state index contributed by atoms with van der Waals surface area (Å²) in [6.45, 7) is 1.64. The number of carbonyl (C=O) groups is 2. The third kappa shape index (κ3) is 3.09. The number of aliphatic hydroxyl groups is 2. The number of hydrogen-bond donors (Lipinski definition) is 2. The fraction of sp³-hybridized carbons (Fsp3) is 0.545. The predicted octanol–water partition coefficient (Wildman–Crippen LogP) is -0.836. The third-order valence-corrected chi connectivity index (χ3v) is 2.49. The van der Waals surface area contributed by atoms with Crippen molar-refractivity contribution in [2.75, 3.05) is 13.7 Å². The maximum atomic E-state index is 11.5. The van der Waals surface area contributed by atoms with E-state index in [1.54, 1.807) is 6.92 Å². The van der Waals surface area contributed by atoms with E-state index in [0.717, 1.165) is 0 Å². The standard InChI is InChI=1S/C11H16N2O6/c1-4-19-11(17)9(15)8(14)6-5-12-13(2)7(6)10(16)18-3/h5,8-9,14-15H,4H2,1-3H3. The van der Waals surface area contributed by atoms with Gasteiger partial charge in [0.05, 0.1) is 19.9 Å². The Morgan fingerprint density at radius 3 is 2.63 bits per heavy atom. The second-order valence-corrected chi connectivity index (χ2v) is 3.71. The Bertz CT molecular complexity index is 470. The fourth-order valence-corrected chi connectivity index (χ4v) is 1.54.